The van der Waals surface area contributed by atoms with E-state index in [9.17, 15) is 9.59 Å². The minimum Gasteiger partial charge on any atom is -0.494 e. The van der Waals surface area contributed by atoms with Crippen LogP contribution in [0.2, 0.25) is 0 Å². The summed E-state index contributed by atoms with van der Waals surface area (Å²) in [5.74, 6) is 1.43. The van der Waals surface area contributed by atoms with E-state index in [0.717, 1.165) is 12.8 Å². The molecule has 1 amide bonds. The summed E-state index contributed by atoms with van der Waals surface area (Å²) in [5.41, 5.74) is 1.25. The number of nitrogens with zero attached hydrogens (tertiary/aromatic N) is 3. The summed E-state index contributed by atoms with van der Waals surface area (Å²) in [6.45, 7) is 4.64. The summed E-state index contributed by atoms with van der Waals surface area (Å²) in [7, 11) is 0. The van der Waals surface area contributed by atoms with Crippen molar-refractivity contribution in [1.82, 2.24) is 19.7 Å². The molecule has 4 aromatic rings. The van der Waals surface area contributed by atoms with Crippen molar-refractivity contribution in [3.8, 4) is 23.2 Å². The van der Waals surface area contributed by atoms with Gasteiger partial charge in [0.15, 0.2) is 5.76 Å². The highest BCUT2D eigenvalue weighted by Gasteiger charge is 2.18. The summed E-state index contributed by atoms with van der Waals surface area (Å²) in [4.78, 5) is 32.2. The highest BCUT2D eigenvalue weighted by Crippen LogP contribution is 2.24. The van der Waals surface area contributed by atoms with Crippen molar-refractivity contribution in [3.05, 3.63) is 76.4 Å². The van der Waals surface area contributed by atoms with E-state index in [-0.39, 0.29) is 17.4 Å². The SMILES string of the molecule is CCCCOc1ccc(C(=O)Nc2cc(-c3ccco3)nn2-c2nc(CC)cc(=O)[nH]2)cc1. The Labute approximate surface area is 190 Å². The second kappa shape index (κ2) is 9.99. The van der Waals surface area contributed by atoms with Gasteiger partial charge in [0.1, 0.15) is 17.3 Å². The number of hydrogen-bond acceptors (Lipinski definition) is 6. The number of H-pyrrole nitrogens is 1. The van der Waals surface area contributed by atoms with Crippen LogP contribution in [0, 0.1) is 0 Å². The smallest absolute Gasteiger partial charge is 0.256 e. The number of aromatic amines is 1. The summed E-state index contributed by atoms with van der Waals surface area (Å²) in [6, 6.07) is 13.5. The maximum absolute atomic E-state index is 12.9. The van der Waals surface area contributed by atoms with Crippen molar-refractivity contribution in [1.29, 1.82) is 0 Å². The molecule has 0 aliphatic heterocycles. The molecule has 3 heterocycles. The molecular weight excluding hydrogens is 422 g/mol. The summed E-state index contributed by atoms with van der Waals surface area (Å²) in [5, 5.41) is 7.35. The molecule has 3 aromatic heterocycles. The number of nitrogens with one attached hydrogen (secondary N) is 2. The molecule has 0 spiro atoms. The number of carbonyl (C=O) groups excluding carboxylic acids is 1. The first-order chi connectivity index (χ1) is 16.1. The Hall–Kier alpha value is -4.14. The predicted molar refractivity (Wildman–Crippen MR) is 124 cm³/mol. The summed E-state index contributed by atoms with van der Waals surface area (Å²) in [6.07, 6.45) is 4.14. The van der Waals surface area contributed by atoms with Crippen LogP contribution in [-0.4, -0.2) is 32.3 Å². The first-order valence-corrected chi connectivity index (χ1v) is 10.9. The van der Waals surface area contributed by atoms with Crippen LogP contribution in [0.15, 0.2) is 64.0 Å². The van der Waals surface area contributed by atoms with Crippen LogP contribution in [0.25, 0.3) is 17.4 Å². The van der Waals surface area contributed by atoms with Crippen LogP contribution in [-0.2, 0) is 6.42 Å². The molecule has 1 aromatic carbocycles. The van der Waals surface area contributed by atoms with Gasteiger partial charge in [0.05, 0.1) is 12.9 Å². The van der Waals surface area contributed by atoms with Crippen LogP contribution >= 0.6 is 0 Å². The van der Waals surface area contributed by atoms with Crippen molar-refractivity contribution in [2.45, 2.75) is 33.1 Å². The number of benzene rings is 1. The van der Waals surface area contributed by atoms with E-state index in [0.29, 0.717) is 47.3 Å². The van der Waals surface area contributed by atoms with E-state index >= 15 is 0 Å². The van der Waals surface area contributed by atoms with Crippen molar-refractivity contribution >= 4 is 11.7 Å². The summed E-state index contributed by atoms with van der Waals surface area (Å²) < 4.78 is 12.5. The highest BCUT2D eigenvalue weighted by atomic mass is 16.5. The van der Waals surface area contributed by atoms with Crippen molar-refractivity contribution in [2.24, 2.45) is 0 Å². The fraction of sp³-hybridized carbons (Fsp3) is 0.250. The fourth-order valence-electron chi connectivity index (χ4n) is 3.18. The molecule has 0 atom stereocenters. The van der Waals surface area contributed by atoms with Gasteiger partial charge in [0, 0.05) is 23.4 Å². The van der Waals surface area contributed by atoms with E-state index in [1.54, 1.807) is 42.5 Å². The van der Waals surface area contributed by atoms with E-state index in [1.807, 2.05) is 6.92 Å². The Morgan fingerprint density at radius 2 is 2.00 bits per heavy atom. The minimum atomic E-state index is -0.337. The number of aromatic nitrogens is 4. The van der Waals surface area contributed by atoms with Gasteiger partial charge in [-0.2, -0.15) is 9.78 Å². The van der Waals surface area contributed by atoms with Gasteiger partial charge in [-0.3, -0.25) is 14.6 Å². The molecule has 0 aliphatic rings. The molecule has 2 N–H and O–H groups in total. The number of anilines is 1. The number of ether oxygens (including phenoxy) is 1. The van der Waals surface area contributed by atoms with Crippen LogP contribution in [0.3, 0.4) is 0 Å². The lowest BCUT2D eigenvalue weighted by atomic mass is 10.2. The number of aryl methyl sites for hydroxylation is 1. The largest absolute Gasteiger partial charge is 0.494 e. The van der Waals surface area contributed by atoms with E-state index < -0.39 is 0 Å². The first-order valence-electron chi connectivity index (χ1n) is 10.9. The molecule has 9 nitrogen and oxygen atoms in total. The lowest BCUT2D eigenvalue weighted by molar-refractivity contribution is 0.102. The number of amides is 1. The van der Waals surface area contributed by atoms with Gasteiger partial charge in [0.2, 0.25) is 5.95 Å². The molecular formula is C24H25N5O4. The Kier molecular flexibility index (Phi) is 6.68. The van der Waals surface area contributed by atoms with Gasteiger partial charge in [-0.25, -0.2) is 4.98 Å². The monoisotopic (exact) mass is 447 g/mol. The lowest BCUT2D eigenvalue weighted by Crippen LogP contribution is -2.19. The minimum absolute atomic E-state index is 0.201. The van der Waals surface area contributed by atoms with Gasteiger partial charge in [0.25, 0.3) is 11.5 Å². The highest BCUT2D eigenvalue weighted by molar-refractivity contribution is 6.04. The third-order valence-electron chi connectivity index (χ3n) is 4.95. The molecule has 0 radical (unpaired) electrons. The van der Waals surface area contributed by atoms with E-state index in [4.69, 9.17) is 9.15 Å². The molecule has 9 heteroatoms. The molecule has 170 valence electrons. The second-order valence-corrected chi connectivity index (χ2v) is 7.40. The molecule has 4 rings (SSSR count). The van der Waals surface area contributed by atoms with E-state index in [2.05, 4.69) is 27.3 Å². The van der Waals surface area contributed by atoms with Gasteiger partial charge in [-0.05, 0) is 49.2 Å². The zero-order valence-corrected chi connectivity index (χ0v) is 18.5. The lowest BCUT2D eigenvalue weighted by Gasteiger charge is -2.09. The van der Waals surface area contributed by atoms with Crippen molar-refractivity contribution in [2.75, 3.05) is 11.9 Å². The zero-order chi connectivity index (χ0) is 23.2. The van der Waals surface area contributed by atoms with Gasteiger partial charge < -0.3 is 14.5 Å². The Bertz CT molecular complexity index is 1270. The Morgan fingerprint density at radius 3 is 2.70 bits per heavy atom. The molecule has 0 unspecified atom stereocenters. The maximum Gasteiger partial charge on any atom is 0.256 e. The fourth-order valence-corrected chi connectivity index (χ4v) is 3.18. The second-order valence-electron chi connectivity index (χ2n) is 7.40. The zero-order valence-electron chi connectivity index (χ0n) is 18.5. The Morgan fingerprint density at radius 1 is 1.18 bits per heavy atom. The average Bonchev–Trinajstić information content (AvgIpc) is 3.49. The van der Waals surface area contributed by atoms with Crippen LogP contribution in [0.5, 0.6) is 5.75 Å². The van der Waals surface area contributed by atoms with Gasteiger partial charge >= 0.3 is 0 Å². The molecule has 0 fully saturated rings. The quantitative estimate of drug-likeness (QED) is 0.372. The predicted octanol–water partition coefficient (Wildman–Crippen LogP) is 4.21. The number of unbranched alkanes of at least 4 members (excludes halogenated alkanes) is 1. The average molecular weight is 447 g/mol. The van der Waals surface area contributed by atoms with Crippen LogP contribution < -0.4 is 15.6 Å². The van der Waals surface area contributed by atoms with Crippen LogP contribution in [0.4, 0.5) is 5.82 Å². The first kappa shape index (κ1) is 22.1. The molecule has 0 saturated carbocycles. The van der Waals surface area contributed by atoms with E-state index in [1.165, 1.54) is 17.0 Å². The van der Waals surface area contributed by atoms with Crippen LogP contribution in [0.1, 0.15) is 42.7 Å². The number of hydrogen-bond donors (Lipinski definition) is 2. The molecule has 0 aliphatic carbocycles. The Balaban J connectivity index is 1.63. The third kappa shape index (κ3) is 5.20. The van der Waals surface area contributed by atoms with Crippen molar-refractivity contribution in [3.63, 3.8) is 0 Å². The van der Waals surface area contributed by atoms with Gasteiger partial charge in [-0.1, -0.05) is 20.3 Å². The van der Waals surface area contributed by atoms with Crippen molar-refractivity contribution < 1.29 is 13.9 Å². The molecule has 33 heavy (non-hydrogen) atoms. The maximum atomic E-state index is 12.9. The summed E-state index contributed by atoms with van der Waals surface area (Å²) >= 11 is 0. The van der Waals surface area contributed by atoms with Gasteiger partial charge in [-0.15, -0.1) is 0 Å². The standard InChI is InChI=1S/C24H25N5O4/c1-3-5-12-32-18-10-8-16(9-11-18)23(31)26-21-15-19(20-7-6-13-33-20)28-29(21)24-25-17(4-2)14-22(30)27-24/h6-11,13-15H,3-5,12H2,1-2H3,(H,26,31)(H,25,27,30). The third-order valence-corrected chi connectivity index (χ3v) is 4.95. The molecule has 0 bridgehead atoms. The number of rotatable bonds is 9. The topological polar surface area (TPSA) is 115 Å². The number of furan rings is 1. The molecule has 0 saturated heterocycles. The normalized spacial score (nSPS) is 10.8. The number of carbonyl (C=O) groups is 1.